The minimum absolute atomic E-state index is 0.0799. The van der Waals surface area contributed by atoms with Crippen LogP contribution in [-0.2, 0) is 5.41 Å². The number of nitrogens with zero attached hydrogens (tertiary/aromatic N) is 2. The highest BCUT2D eigenvalue weighted by Gasteiger charge is 2.55. The lowest BCUT2D eigenvalue weighted by Gasteiger charge is -2.45. The van der Waals surface area contributed by atoms with Gasteiger partial charge in [0.25, 0.3) is 0 Å². The van der Waals surface area contributed by atoms with Gasteiger partial charge in [-0.2, -0.15) is 0 Å². The van der Waals surface area contributed by atoms with Crippen molar-refractivity contribution in [2.24, 2.45) is 17.8 Å². The number of para-hydroxylation sites is 4. The van der Waals surface area contributed by atoms with E-state index < -0.39 is 5.41 Å². The summed E-state index contributed by atoms with van der Waals surface area (Å²) in [6.45, 7) is 4.77. The molecule has 1 aromatic heterocycles. The van der Waals surface area contributed by atoms with E-state index in [2.05, 4.69) is 217 Å². The first-order chi connectivity index (χ1) is 33.1. The molecule has 4 aliphatic rings. The molecule has 322 valence electrons. The van der Waals surface area contributed by atoms with Gasteiger partial charge in [-0.05, 0) is 100.0 Å². The summed E-state index contributed by atoms with van der Waals surface area (Å²) < 4.78 is 15.4. The fourth-order valence-electron chi connectivity index (χ4n) is 12.0. The maximum Gasteiger partial charge on any atom is 0.177 e. The van der Waals surface area contributed by atoms with Crippen molar-refractivity contribution < 1.29 is 9.47 Å². The number of hydrogen-bond acceptors (Lipinski definition) is 3. The first-order valence-corrected chi connectivity index (χ1v) is 23.6. The van der Waals surface area contributed by atoms with Gasteiger partial charge in [-0.1, -0.05) is 184 Å². The van der Waals surface area contributed by atoms with Gasteiger partial charge in [0.15, 0.2) is 23.0 Å². The van der Waals surface area contributed by atoms with Crippen molar-refractivity contribution in [3.63, 3.8) is 0 Å². The van der Waals surface area contributed by atoms with Crippen LogP contribution in [0.1, 0.15) is 42.1 Å². The molecule has 1 aliphatic heterocycles. The van der Waals surface area contributed by atoms with Crippen molar-refractivity contribution >= 4 is 38.8 Å². The standard InChI is InChI=1S/C63H48N2O2/c1-41-18-9-13-27-54(41)65-56-28-14-11-24-50(56)52-40-47(36-38-57(52)65)64(46-34-32-43(33-35-46)48-25-17-31-60-62(48)67-59-30-16-15-29-58(59)66-60)55-39-37-51-49-23-10-12-26-53(49)63(61(51)42(55)2,44-19-5-3-6-20-44)45-21-7-4-8-22-45/h3-42,54,61H,1-2H3/t41?,42-,54?,61?/m1/s1. The highest BCUT2D eigenvalue weighted by molar-refractivity contribution is 6.09. The summed E-state index contributed by atoms with van der Waals surface area (Å²) in [4.78, 5) is 2.53. The molecule has 9 aromatic rings. The molecular weight excluding hydrogens is 817 g/mol. The van der Waals surface area contributed by atoms with Crippen molar-refractivity contribution in [3.8, 4) is 34.1 Å². The summed E-state index contributed by atoms with van der Waals surface area (Å²) in [6, 6.07) is 70.8. The van der Waals surface area contributed by atoms with E-state index in [1.54, 1.807) is 0 Å². The van der Waals surface area contributed by atoms with Crippen molar-refractivity contribution in [3.05, 3.63) is 259 Å². The molecule has 0 amide bonds. The summed E-state index contributed by atoms with van der Waals surface area (Å²) in [7, 11) is 0. The summed E-state index contributed by atoms with van der Waals surface area (Å²) in [5, 5.41) is 2.50. The van der Waals surface area contributed by atoms with Crippen molar-refractivity contribution in [2.45, 2.75) is 25.3 Å². The van der Waals surface area contributed by atoms with Crippen LogP contribution in [0.4, 0.5) is 11.4 Å². The predicted molar refractivity (Wildman–Crippen MR) is 274 cm³/mol. The number of ether oxygens (including phenoxy) is 2. The zero-order valence-corrected chi connectivity index (χ0v) is 37.5. The van der Waals surface area contributed by atoms with Gasteiger partial charge in [0.2, 0.25) is 0 Å². The molecular formula is C63H48N2O2. The van der Waals surface area contributed by atoms with E-state index in [0.29, 0.717) is 17.4 Å². The Morgan fingerprint density at radius 1 is 0.507 bits per heavy atom. The number of benzene rings is 8. The van der Waals surface area contributed by atoms with E-state index in [1.807, 2.05) is 36.4 Å². The molecule has 0 spiro atoms. The third-order valence-electron chi connectivity index (χ3n) is 14.9. The lowest BCUT2D eigenvalue weighted by molar-refractivity contribution is 0.361. The Labute approximate surface area is 391 Å². The Bertz CT molecular complexity index is 3480. The Hall–Kier alpha value is -8.08. The highest BCUT2D eigenvalue weighted by Crippen LogP contribution is 2.62. The average molecular weight is 865 g/mol. The lowest BCUT2D eigenvalue weighted by atomic mass is 9.60. The molecule has 3 aliphatic carbocycles. The van der Waals surface area contributed by atoms with Gasteiger partial charge in [-0.3, -0.25) is 0 Å². The Balaban J connectivity index is 1.00. The molecule has 0 saturated heterocycles. The second-order valence-electron chi connectivity index (χ2n) is 18.4. The number of rotatable bonds is 7. The van der Waals surface area contributed by atoms with Crippen LogP contribution in [-0.4, -0.2) is 4.57 Å². The highest BCUT2D eigenvalue weighted by atomic mass is 16.6. The first kappa shape index (κ1) is 39.3. The Morgan fingerprint density at radius 2 is 1.13 bits per heavy atom. The molecule has 4 atom stereocenters. The Morgan fingerprint density at radius 3 is 1.91 bits per heavy atom. The molecule has 67 heavy (non-hydrogen) atoms. The summed E-state index contributed by atoms with van der Waals surface area (Å²) >= 11 is 0. The Kier molecular flexibility index (Phi) is 9.11. The van der Waals surface area contributed by atoms with Crippen LogP contribution >= 0.6 is 0 Å². The fraction of sp³-hybridized carbons (Fsp3) is 0.111. The zero-order valence-electron chi connectivity index (χ0n) is 37.5. The third-order valence-corrected chi connectivity index (χ3v) is 14.9. The second kappa shape index (κ2) is 15.5. The molecule has 0 fully saturated rings. The average Bonchev–Trinajstić information content (AvgIpc) is 3.88. The number of hydrogen-bond donors (Lipinski definition) is 0. The molecule has 0 bridgehead atoms. The van der Waals surface area contributed by atoms with Crippen LogP contribution in [0.5, 0.6) is 23.0 Å². The smallest absolute Gasteiger partial charge is 0.177 e. The molecule has 3 unspecified atom stereocenters. The largest absolute Gasteiger partial charge is 0.449 e. The molecule has 4 nitrogen and oxygen atoms in total. The SMILES string of the molecule is CC1C=CC=CC1n1c2ccccc2c2cc(N(C3=CC=C4c5ccccc5C(c5ccccc5)(c5ccccc5)C4[C@@H]3C)c3ccc(-c4cccc5c4Oc4ccccc4O5)cc3)ccc21. The van der Waals surface area contributed by atoms with Gasteiger partial charge in [0, 0.05) is 56.3 Å². The van der Waals surface area contributed by atoms with Gasteiger partial charge in [-0.25, -0.2) is 0 Å². The third kappa shape index (κ3) is 5.99. The van der Waals surface area contributed by atoms with E-state index in [-0.39, 0.29) is 17.9 Å². The second-order valence-corrected chi connectivity index (χ2v) is 18.4. The van der Waals surface area contributed by atoms with Crippen LogP contribution < -0.4 is 14.4 Å². The lowest BCUT2D eigenvalue weighted by Crippen LogP contribution is -2.41. The molecule has 0 N–H and O–H groups in total. The maximum atomic E-state index is 6.55. The molecule has 4 heteroatoms. The van der Waals surface area contributed by atoms with Crippen LogP contribution in [0, 0.1) is 17.8 Å². The van der Waals surface area contributed by atoms with Crippen LogP contribution in [0.25, 0.3) is 38.5 Å². The number of fused-ring (bicyclic) bond motifs is 8. The van der Waals surface area contributed by atoms with Crippen LogP contribution in [0.2, 0.25) is 0 Å². The summed E-state index contributed by atoms with van der Waals surface area (Å²) in [6.07, 6.45) is 13.9. The monoisotopic (exact) mass is 864 g/mol. The van der Waals surface area contributed by atoms with Crippen molar-refractivity contribution in [1.82, 2.24) is 4.57 Å². The van der Waals surface area contributed by atoms with Gasteiger partial charge in [0.1, 0.15) is 0 Å². The first-order valence-electron chi connectivity index (χ1n) is 23.6. The van der Waals surface area contributed by atoms with Crippen LogP contribution in [0.3, 0.4) is 0 Å². The van der Waals surface area contributed by atoms with Crippen LogP contribution in [0.15, 0.2) is 236 Å². The van der Waals surface area contributed by atoms with Gasteiger partial charge in [0.05, 0.1) is 11.5 Å². The topological polar surface area (TPSA) is 26.6 Å². The number of allylic oxidation sites excluding steroid dienone is 8. The molecule has 2 heterocycles. The van der Waals surface area contributed by atoms with E-state index >= 15 is 0 Å². The minimum Gasteiger partial charge on any atom is -0.449 e. The quantitative estimate of drug-likeness (QED) is 0.160. The van der Waals surface area contributed by atoms with Gasteiger partial charge in [-0.15, -0.1) is 0 Å². The fourth-order valence-corrected chi connectivity index (χ4v) is 12.0. The van der Waals surface area contributed by atoms with Gasteiger partial charge >= 0.3 is 0 Å². The van der Waals surface area contributed by atoms with Crippen molar-refractivity contribution in [1.29, 1.82) is 0 Å². The molecule has 8 aromatic carbocycles. The van der Waals surface area contributed by atoms with E-state index in [1.165, 1.54) is 55.3 Å². The number of aromatic nitrogens is 1. The molecule has 0 saturated carbocycles. The van der Waals surface area contributed by atoms with Gasteiger partial charge < -0.3 is 18.9 Å². The molecule has 0 radical (unpaired) electrons. The zero-order chi connectivity index (χ0) is 44.6. The number of anilines is 2. The summed E-state index contributed by atoms with van der Waals surface area (Å²) in [5.41, 5.74) is 14.2. The minimum atomic E-state index is -0.428. The van der Waals surface area contributed by atoms with E-state index in [9.17, 15) is 0 Å². The maximum absolute atomic E-state index is 6.55. The summed E-state index contributed by atoms with van der Waals surface area (Å²) in [5.74, 6) is 3.42. The molecule has 13 rings (SSSR count). The van der Waals surface area contributed by atoms with Crippen molar-refractivity contribution in [2.75, 3.05) is 4.90 Å². The van der Waals surface area contributed by atoms with E-state index in [4.69, 9.17) is 9.47 Å². The normalized spacial score (nSPS) is 19.6. The van der Waals surface area contributed by atoms with E-state index in [0.717, 1.165) is 34.0 Å². The predicted octanol–water partition coefficient (Wildman–Crippen LogP) is 16.4.